The Morgan fingerprint density at radius 3 is 2.74 bits per heavy atom. The first-order valence-electron chi connectivity index (χ1n) is 5.89. The molecule has 6 heteroatoms. The summed E-state index contributed by atoms with van der Waals surface area (Å²) in [5.74, 6) is -1.78. The SMILES string of the molecule is CCC(C)NC(=O)CSc1cc(C(=O)O)ccc1F. The highest BCUT2D eigenvalue weighted by Gasteiger charge is 2.11. The van der Waals surface area contributed by atoms with Gasteiger partial charge >= 0.3 is 5.97 Å². The van der Waals surface area contributed by atoms with Gasteiger partial charge in [-0.3, -0.25) is 4.79 Å². The smallest absolute Gasteiger partial charge is 0.335 e. The minimum Gasteiger partial charge on any atom is -0.478 e. The van der Waals surface area contributed by atoms with E-state index in [-0.39, 0.29) is 28.2 Å². The van der Waals surface area contributed by atoms with E-state index in [0.29, 0.717) is 0 Å². The Bertz CT molecular complexity index is 479. The third kappa shape index (κ3) is 4.90. The number of carboxylic acid groups (broad SMARTS) is 1. The molecule has 2 N–H and O–H groups in total. The molecule has 19 heavy (non-hydrogen) atoms. The van der Waals surface area contributed by atoms with Crippen molar-refractivity contribution in [2.24, 2.45) is 0 Å². The zero-order valence-electron chi connectivity index (χ0n) is 10.8. The number of hydrogen-bond acceptors (Lipinski definition) is 3. The van der Waals surface area contributed by atoms with E-state index in [9.17, 15) is 14.0 Å². The van der Waals surface area contributed by atoms with Crippen molar-refractivity contribution in [2.45, 2.75) is 31.2 Å². The van der Waals surface area contributed by atoms with Gasteiger partial charge in [-0.15, -0.1) is 11.8 Å². The molecule has 0 radical (unpaired) electrons. The number of nitrogens with one attached hydrogen (secondary N) is 1. The van der Waals surface area contributed by atoms with Crippen LogP contribution in [0.25, 0.3) is 0 Å². The first-order valence-corrected chi connectivity index (χ1v) is 6.87. The van der Waals surface area contributed by atoms with Gasteiger partial charge in [0.2, 0.25) is 5.91 Å². The maximum Gasteiger partial charge on any atom is 0.335 e. The Labute approximate surface area is 115 Å². The molecular weight excluding hydrogens is 269 g/mol. The Balaban J connectivity index is 2.64. The van der Waals surface area contributed by atoms with Crippen LogP contribution in [0.4, 0.5) is 4.39 Å². The molecule has 0 aliphatic heterocycles. The van der Waals surface area contributed by atoms with Gasteiger partial charge in [0.25, 0.3) is 0 Å². The number of benzene rings is 1. The molecule has 1 rings (SSSR count). The number of thioether (sulfide) groups is 1. The molecule has 1 amide bonds. The maximum absolute atomic E-state index is 13.5. The second-order valence-electron chi connectivity index (χ2n) is 4.12. The molecule has 1 atom stereocenters. The molecule has 0 aliphatic carbocycles. The lowest BCUT2D eigenvalue weighted by atomic mass is 10.2. The molecule has 0 aromatic heterocycles. The van der Waals surface area contributed by atoms with Gasteiger partial charge in [-0.05, 0) is 31.5 Å². The molecule has 0 fully saturated rings. The summed E-state index contributed by atoms with van der Waals surface area (Å²) in [5, 5.41) is 11.6. The average molecular weight is 285 g/mol. The molecule has 104 valence electrons. The van der Waals surface area contributed by atoms with Crippen LogP contribution in [0, 0.1) is 5.82 Å². The second kappa shape index (κ2) is 7.13. The Kier molecular flexibility index (Phi) is 5.82. The van der Waals surface area contributed by atoms with Crippen LogP contribution in [0.1, 0.15) is 30.6 Å². The third-order valence-electron chi connectivity index (χ3n) is 2.56. The van der Waals surface area contributed by atoms with Crippen molar-refractivity contribution in [2.75, 3.05) is 5.75 Å². The van der Waals surface area contributed by atoms with E-state index in [1.165, 1.54) is 12.1 Å². The van der Waals surface area contributed by atoms with Crippen LogP contribution in [0.15, 0.2) is 23.1 Å². The van der Waals surface area contributed by atoms with Gasteiger partial charge in [0.15, 0.2) is 0 Å². The number of hydrogen-bond donors (Lipinski definition) is 2. The molecule has 1 unspecified atom stereocenters. The maximum atomic E-state index is 13.5. The van der Waals surface area contributed by atoms with E-state index in [0.717, 1.165) is 24.2 Å². The van der Waals surface area contributed by atoms with E-state index in [1.54, 1.807) is 0 Å². The van der Waals surface area contributed by atoms with Crippen LogP contribution in [0.3, 0.4) is 0 Å². The van der Waals surface area contributed by atoms with Crippen LogP contribution in [0.5, 0.6) is 0 Å². The minimum atomic E-state index is -1.12. The summed E-state index contributed by atoms with van der Waals surface area (Å²) < 4.78 is 13.5. The van der Waals surface area contributed by atoms with Crippen molar-refractivity contribution in [3.05, 3.63) is 29.6 Å². The summed E-state index contributed by atoms with van der Waals surface area (Å²) in [5.41, 5.74) is 0.00577. The van der Waals surface area contributed by atoms with Crippen LogP contribution in [-0.2, 0) is 4.79 Å². The molecule has 0 saturated heterocycles. The molecule has 0 saturated carbocycles. The summed E-state index contributed by atoms with van der Waals surface area (Å²) >= 11 is 0.989. The van der Waals surface area contributed by atoms with Gasteiger partial charge in [-0.25, -0.2) is 9.18 Å². The number of carbonyl (C=O) groups excluding carboxylic acids is 1. The average Bonchev–Trinajstić information content (AvgIpc) is 2.37. The molecule has 0 spiro atoms. The highest BCUT2D eigenvalue weighted by atomic mass is 32.2. The van der Waals surface area contributed by atoms with Crippen molar-refractivity contribution in [3.8, 4) is 0 Å². The second-order valence-corrected chi connectivity index (χ2v) is 5.13. The first kappa shape index (κ1) is 15.5. The fourth-order valence-corrected chi connectivity index (χ4v) is 2.10. The fourth-order valence-electron chi connectivity index (χ4n) is 1.31. The van der Waals surface area contributed by atoms with Gasteiger partial charge in [0, 0.05) is 10.9 Å². The number of halogens is 1. The minimum absolute atomic E-state index is 0.00577. The zero-order valence-corrected chi connectivity index (χ0v) is 11.6. The lowest BCUT2D eigenvalue weighted by Gasteiger charge is -2.11. The van der Waals surface area contributed by atoms with E-state index in [2.05, 4.69) is 5.32 Å². The summed E-state index contributed by atoms with van der Waals surface area (Å²) in [6.45, 7) is 3.84. The zero-order chi connectivity index (χ0) is 14.4. The van der Waals surface area contributed by atoms with Gasteiger partial charge in [0.05, 0.1) is 11.3 Å². The van der Waals surface area contributed by atoms with Gasteiger partial charge in [0.1, 0.15) is 5.82 Å². The summed E-state index contributed by atoms with van der Waals surface area (Å²) in [6.07, 6.45) is 0.819. The molecule has 4 nitrogen and oxygen atoms in total. The molecule has 1 aromatic carbocycles. The molecule has 0 bridgehead atoms. The number of amides is 1. The van der Waals surface area contributed by atoms with E-state index in [1.807, 2.05) is 13.8 Å². The highest BCUT2D eigenvalue weighted by Crippen LogP contribution is 2.23. The van der Waals surface area contributed by atoms with Crippen molar-refractivity contribution >= 4 is 23.6 Å². The lowest BCUT2D eigenvalue weighted by molar-refractivity contribution is -0.119. The standard InChI is InChI=1S/C13H16FNO3S/c1-3-8(2)15-12(16)7-19-11-6-9(13(17)18)4-5-10(11)14/h4-6,8H,3,7H2,1-2H3,(H,15,16)(H,17,18). The number of rotatable bonds is 6. The monoisotopic (exact) mass is 285 g/mol. The van der Waals surface area contributed by atoms with Crippen molar-refractivity contribution in [3.63, 3.8) is 0 Å². The van der Waals surface area contributed by atoms with E-state index < -0.39 is 11.8 Å². The predicted octanol–water partition coefficient (Wildman–Crippen LogP) is 2.53. The van der Waals surface area contributed by atoms with Crippen LogP contribution >= 0.6 is 11.8 Å². The van der Waals surface area contributed by atoms with E-state index in [4.69, 9.17) is 5.11 Å². The molecule has 1 aromatic rings. The third-order valence-corrected chi connectivity index (χ3v) is 3.59. The van der Waals surface area contributed by atoms with Crippen LogP contribution in [0.2, 0.25) is 0 Å². The normalized spacial score (nSPS) is 11.9. The predicted molar refractivity (Wildman–Crippen MR) is 72.0 cm³/mol. The van der Waals surface area contributed by atoms with Crippen LogP contribution in [-0.4, -0.2) is 28.8 Å². The number of carbonyl (C=O) groups is 2. The number of aromatic carboxylic acids is 1. The summed E-state index contributed by atoms with van der Waals surface area (Å²) in [7, 11) is 0. The Hall–Kier alpha value is -1.56. The quantitative estimate of drug-likeness (QED) is 0.788. The topological polar surface area (TPSA) is 66.4 Å². The molecular formula is C13H16FNO3S. The van der Waals surface area contributed by atoms with Gasteiger partial charge < -0.3 is 10.4 Å². The lowest BCUT2D eigenvalue weighted by Crippen LogP contribution is -2.33. The van der Waals surface area contributed by atoms with Gasteiger partial charge in [-0.1, -0.05) is 6.92 Å². The van der Waals surface area contributed by atoms with E-state index >= 15 is 0 Å². The van der Waals surface area contributed by atoms with Crippen molar-refractivity contribution < 1.29 is 19.1 Å². The summed E-state index contributed by atoms with van der Waals surface area (Å²) in [4.78, 5) is 22.5. The van der Waals surface area contributed by atoms with Crippen LogP contribution < -0.4 is 5.32 Å². The molecule has 0 heterocycles. The summed E-state index contributed by atoms with van der Waals surface area (Å²) in [6, 6.07) is 3.60. The number of carboxylic acids is 1. The largest absolute Gasteiger partial charge is 0.478 e. The van der Waals surface area contributed by atoms with Crippen molar-refractivity contribution in [1.29, 1.82) is 0 Å². The first-order chi connectivity index (χ1) is 8.93. The Morgan fingerprint density at radius 1 is 1.47 bits per heavy atom. The Morgan fingerprint density at radius 2 is 2.16 bits per heavy atom. The highest BCUT2D eigenvalue weighted by molar-refractivity contribution is 8.00. The molecule has 0 aliphatic rings. The van der Waals surface area contributed by atoms with Crippen molar-refractivity contribution in [1.82, 2.24) is 5.32 Å². The fraction of sp³-hybridized carbons (Fsp3) is 0.385. The van der Waals surface area contributed by atoms with Gasteiger partial charge in [-0.2, -0.15) is 0 Å².